The van der Waals surface area contributed by atoms with Gasteiger partial charge in [-0.2, -0.15) is 5.26 Å². The zero-order chi connectivity index (χ0) is 14.1. The van der Waals surface area contributed by atoms with Crippen LogP contribution in [-0.2, 0) is 0 Å². The number of aryl methyl sites for hydroxylation is 1. The van der Waals surface area contributed by atoms with E-state index in [-0.39, 0.29) is 0 Å². The van der Waals surface area contributed by atoms with E-state index < -0.39 is 0 Å². The van der Waals surface area contributed by atoms with Crippen molar-refractivity contribution in [2.75, 3.05) is 11.4 Å². The molecule has 1 N–H and O–H groups in total. The zero-order valence-electron chi connectivity index (χ0n) is 12.3. The van der Waals surface area contributed by atoms with Gasteiger partial charge in [0.05, 0.1) is 5.56 Å². The molecule has 2 fully saturated rings. The number of nitriles is 1. The Morgan fingerprint density at radius 1 is 1.40 bits per heavy atom. The van der Waals surface area contributed by atoms with Gasteiger partial charge in [-0.15, -0.1) is 0 Å². The Bertz CT molecular complexity index is 522. The maximum Gasteiger partial charge on any atom is 0.146 e. The van der Waals surface area contributed by atoms with Crippen molar-refractivity contribution in [2.45, 2.75) is 57.7 Å². The van der Waals surface area contributed by atoms with Crippen molar-refractivity contribution in [3.63, 3.8) is 0 Å². The maximum atomic E-state index is 9.43. The maximum absolute atomic E-state index is 9.43. The first-order chi connectivity index (χ1) is 9.72. The van der Waals surface area contributed by atoms with Crippen molar-refractivity contribution in [3.05, 3.63) is 23.4 Å². The van der Waals surface area contributed by atoms with Gasteiger partial charge in [0.25, 0.3) is 0 Å². The van der Waals surface area contributed by atoms with E-state index in [9.17, 15) is 5.26 Å². The molecule has 3 heterocycles. The molecule has 3 rings (SSSR count). The fourth-order valence-electron chi connectivity index (χ4n) is 3.76. The van der Waals surface area contributed by atoms with Crippen LogP contribution in [0.4, 0.5) is 5.82 Å². The van der Waals surface area contributed by atoms with Crippen LogP contribution < -0.4 is 10.2 Å². The van der Waals surface area contributed by atoms with Gasteiger partial charge in [-0.25, -0.2) is 4.98 Å². The number of fused-ring (bicyclic) bond motifs is 2. The predicted octanol–water partition coefficient (Wildman–Crippen LogP) is 2.37. The zero-order valence-corrected chi connectivity index (χ0v) is 12.3. The van der Waals surface area contributed by atoms with Crippen LogP contribution in [0.2, 0.25) is 0 Å². The van der Waals surface area contributed by atoms with Crippen molar-refractivity contribution in [1.29, 1.82) is 5.26 Å². The van der Waals surface area contributed by atoms with E-state index >= 15 is 0 Å². The van der Waals surface area contributed by atoms with E-state index in [4.69, 9.17) is 0 Å². The van der Waals surface area contributed by atoms with Crippen molar-refractivity contribution >= 4 is 5.82 Å². The molecule has 0 aromatic carbocycles. The lowest BCUT2D eigenvalue weighted by Gasteiger charge is -2.38. The topological polar surface area (TPSA) is 52.0 Å². The number of aromatic nitrogens is 1. The molecule has 0 spiro atoms. The molecular formula is C16H22N4. The summed E-state index contributed by atoms with van der Waals surface area (Å²) in [5, 5.41) is 13.1. The molecule has 1 aromatic heterocycles. The van der Waals surface area contributed by atoms with Crippen LogP contribution in [0, 0.1) is 18.3 Å². The molecule has 2 bridgehead atoms. The molecule has 4 heteroatoms. The predicted molar refractivity (Wildman–Crippen MR) is 79.7 cm³/mol. The molecule has 0 radical (unpaired) electrons. The summed E-state index contributed by atoms with van der Waals surface area (Å²) in [5.74, 6) is 0.876. The van der Waals surface area contributed by atoms with Gasteiger partial charge >= 0.3 is 0 Å². The molecule has 2 aliphatic heterocycles. The number of nitrogens with zero attached hydrogens (tertiary/aromatic N) is 3. The highest BCUT2D eigenvalue weighted by Gasteiger charge is 2.36. The Labute approximate surface area is 120 Å². The molecule has 1 aromatic rings. The summed E-state index contributed by atoms with van der Waals surface area (Å²) in [7, 11) is 0. The molecule has 2 saturated heterocycles. The number of piperidine rings is 1. The number of nitrogens with one attached hydrogen (secondary N) is 1. The first-order valence-electron chi connectivity index (χ1n) is 7.61. The second kappa shape index (κ2) is 5.41. The normalized spacial score (nSPS) is 28.1. The lowest BCUT2D eigenvalue weighted by Crippen LogP contribution is -2.48. The highest BCUT2D eigenvalue weighted by molar-refractivity contribution is 5.57. The van der Waals surface area contributed by atoms with Crippen molar-refractivity contribution in [2.24, 2.45) is 0 Å². The van der Waals surface area contributed by atoms with Gasteiger partial charge in [-0.05, 0) is 51.2 Å². The molecule has 4 nitrogen and oxygen atoms in total. The summed E-state index contributed by atoms with van der Waals surface area (Å²) in [4.78, 5) is 6.86. The second-order valence-corrected chi connectivity index (χ2v) is 5.99. The van der Waals surface area contributed by atoms with Gasteiger partial charge in [-0.1, -0.05) is 0 Å². The fraction of sp³-hybridized carbons (Fsp3) is 0.625. The Morgan fingerprint density at radius 3 is 2.70 bits per heavy atom. The minimum atomic E-state index is 0.514. The Balaban J connectivity index is 1.91. The molecule has 0 amide bonds. The molecule has 0 saturated carbocycles. The summed E-state index contributed by atoms with van der Waals surface area (Å²) in [6, 6.07) is 6.08. The van der Waals surface area contributed by atoms with Gasteiger partial charge in [0, 0.05) is 30.9 Å². The Kier molecular flexibility index (Phi) is 3.62. The second-order valence-electron chi connectivity index (χ2n) is 5.99. The molecule has 2 aliphatic rings. The van der Waals surface area contributed by atoms with Gasteiger partial charge in [0.1, 0.15) is 11.9 Å². The summed E-state index contributed by atoms with van der Waals surface area (Å²) >= 11 is 0. The number of hydrogen-bond donors (Lipinski definition) is 1. The number of pyridine rings is 1. The van der Waals surface area contributed by atoms with E-state index in [0.717, 1.165) is 23.5 Å². The molecule has 106 valence electrons. The third-order valence-corrected chi connectivity index (χ3v) is 4.75. The summed E-state index contributed by atoms with van der Waals surface area (Å²) in [6.07, 6.45) is 6.76. The fourth-order valence-corrected chi connectivity index (χ4v) is 3.76. The molecule has 20 heavy (non-hydrogen) atoms. The largest absolute Gasteiger partial charge is 0.353 e. The van der Waals surface area contributed by atoms with Crippen LogP contribution in [0.3, 0.4) is 0 Å². The number of hydrogen-bond acceptors (Lipinski definition) is 4. The van der Waals surface area contributed by atoms with Crippen LogP contribution in [0.25, 0.3) is 0 Å². The van der Waals surface area contributed by atoms with Gasteiger partial charge < -0.3 is 10.2 Å². The van der Waals surface area contributed by atoms with Crippen molar-refractivity contribution < 1.29 is 0 Å². The third kappa shape index (κ3) is 2.27. The van der Waals surface area contributed by atoms with Gasteiger partial charge in [-0.3, -0.25) is 0 Å². The standard InChI is InChI=1S/C16H22N4/c1-3-20(14-8-12-4-5-13(9-14)19-12)16-15(10-17)11(2)6-7-18-16/h6-7,12-14,19H,3-5,8-9H2,1-2H3. The summed E-state index contributed by atoms with van der Waals surface area (Å²) in [6.45, 7) is 5.06. The lowest BCUT2D eigenvalue weighted by atomic mass is 9.97. The monoisotopic (exact) mass is 270 g/mol. The minimum Gasteiger partial charge on any atom is -0.353 e. The third-order valence-electron chi connectivity index (χ3n) is 4.75. The SMILES string of the molecule is CCN(c1nccc(C)c1C#N)C1CC2CCC(C1)N2. The first-order valence-corrected chi connectivity index (χ1v) is 7.61. The van der Waals surface area contributed by atoms with Gasteiger partial charge in [0.2, 0.25) is 0 Å². The quantitative estimate of drug-likeness (QED) is 0.916. The van der Waals surface area contributed by atoms with Crippen molar-refractivity contribution in [3.8, 4) is 6.07 Å². The van der Waals surface area contributed by atoms with E-state index in [1.54, 1.807) is 0 Å². The van der Waals surface area contributed by atoms with E-state index in [1.807, 2.05) is 19.2 Å². The smallest absolute Gasteiger partial charge is 0.146 e. The van der Waals surface area contributed by atoms with Crippen LogP contribution in [0.15, 0.2) is 12.3 Å². The average Bonchev–Trinajstić information content (AvgIpc) is 2.79. The molecule has 2 atom stereocenters. The van der Waals surface area contributed by atoms with E-state index in [0.29, 0.717) is 18.1 Å². The van der Waals surface area contributed by atoms with Crippen LogP contribution in [-0.4, -0.2) is 29.7 Å². The average molecular weight is 270 g/mol. The molecule has 0 aliphatic carbocycles. The Morgan fingerprint density at radius 2 is 2.10 bits per heavy atom. The molecule has 2 unspecified atom stereocenters. The molecular weight excluding hydrogens is 248 g/mol. The number of anilines is 1. The van der Waals surface area contributed by atoms with E-state index in [2.05, 4.69) is 28.2 Å². The summed E-state index contributed by atoms with van der Waals surface area (Å²) < 4.78 is 0. The number of rotatable bonds is 3. The van der Waals surface area contributed by atoms with Crippen LogP contribution >= 0.6 is 0 Å². The Hall–Kier alpha value is -1.60. The first kappa shape index (κ1) is 13.4. The highest BCUT2D eigenvalue weighted by Crippen LogP contribution is 2.32. The lowest BCUT2D eigenvalue weighted by molar-refractivity contribution is 0.348. The van der Waals surface area contributed by atoms with Crippen molar-refractivity contribution in [1.82, 2.24) is 10.3 Å². The van der Waals surface area contributed by atoms with E-state index in [1.165, 1.54) is 25.7 Å². The van der Waals surface area contributed by atoms with Crippen LogP contribution in [0.5, 0.6) is 0 Å². The van der Waals surface area contributed by atoms with Crippen LogP contribution in [0.1, 0.15) is 43.7 Å². The summed E-state index contributed by atoms with van der Waals surface area (Å²) in [5.41, 5.74) is 1.76. The highest BCUT2D eigenvalue weighted by atomic mass is 15.2. The minimum absolute atomic E-state index is 0.514. The van der Waals surface area contributed by atoms with Gasteiger partial charge in [0.15, 0.2) is 0 Å².